The summed E-state index contributed by atoms with van der Waals surface area (Å²) in [7, 11) is 0. The van der Waals surface area contributed by atoms with Gasteiger partial charge in [0.15, 0.2) is 0 Å². The van der Waals surface area contributed by atoms with E-state index in [1.54, 1.807) is 6.21 Å². The van der Waals surface area contributed by atoms with Gasteiger partial charge in [-0.1, -0.05) is 6.92 Å². The van der Waals surface area contributed by atoms with Gasteiger partial charge in [0, 0.05) is 6.21 Å². The van der Waals surface area contributed by atoms with E-state index in [2.05, 4.69) is 11.6 Å². The minimum atomic E-state index is 0.499. The van der Waals surface area contributed by atoms with E-state index in [9.17, 15) is 0 Å². The van der Waals surface area contributed by atoms with E-state index in [4.69, 9.17) is 4.74 Å². The van der Waals surface area contributed by atoms with Crippen molar-refractivity contribution in [1.29, 1.82) is 0 Å². The zero-order chi connectivity index (χ0) is 7.11. The third kappa shape index (κ3) is 5.07. The Balaban J connectivity index is 3.27. The van der Waals surface area contributed by atoms with E-state index in [1.807, 2.05) is 13.8 Å². The van der Waals surface area contributed by atoms with E-state index in [1.165, 1.54) is 0 Å². The zero-order valence-electron chi connectivity index (χ0n) is 6.05. The molecule has 0 bridgehead atoms. The molecule has 52 valence electrons. The molecule has 0 aromatic rings. The number of rotatable bonds is 4. The molecule has 0 radical (unpaired) electrons. The lowest BCUT2D eigenvalue weighted by molar-refractivity contribution is 0.212. The molecule has 0 aromatic carbocycles. The molecule has 0 aliphatic rings. The van der Waals surface area contributed by atoms with Crippen LogP contribution in [0.15, 0.2) is 17.5 Å². The van der Waals surface area contributed by atoms with Gasteiger partial charge in [-0.05, 0) is 19.9 Å². The first kappa shape index (κ1) is 8.21. The maximum Gasteiger partial charge on any atom is 0.205 e. The van der Waals surface area contributed by atoms with Crippen LogP contribution in [0.1, 0.15) is 20.3 Å². The molecular formula is C7H13NO. The molecule has 0 saturated heterocycles. The summed E-state index contributed by atoms with van der Waals surface area (Å²) in [6.45, 7) is 8.14. The van der Waals surface area contributed by atoms with Crippen molar-refractivity contribution in [3.8, 4) is 0 Å². The first-order chi connectivity index (χ1) is 4.31. The SMILES string of the molecule is C=C(/N=C/C)OCCC. The first-order valence-electron chi connectivity index (χ1n) is 3.11. The van der Waals surface area contributed by atoms with Crippen LogP contribution < -0.4 is 0 Å². The summed E-state index contributed by atoms with van der Waals surface area (Å²) >= 11 is 0. The van der Waals surface area contributed by atoms with Crippen molar-refractivity contribution in [3.63, 3.8) is 0 Å². The Morgan fingerprint density at radius 1 is 1.78 bits per heavy atom. The van der Waals surface area contributed by atoms with Gasteiger partial charge in [0.05, 0.1) is 6.61 Å². The minimum absolute atomic E-state index is 0.499. The zero-order valence-corrected chi connectivity index (χ0v) is 6.05. The summed E-state index contributed by atoms with van der Waals surface area (Å²) < 4.78 is 5.04. The summed E-state index contributed by atoms with van der Waals surface area (Å²) in [5.41, 5.74) is 0. The minimum Gasteiger partial charge on any atom is -0.478 e. The molecule has 0 rings (SSSR count). The highest BCUT2D eigenvalue weighted by molar-refractivity contribution is 5.54. The van der Waals surface area contributed by atoms with E-state index >= 15 is 0 Å². The van der Waals surface area contributed by atoms with Crippen LogP contribution in [-0.2, 0) is 4.74 Å². The molecule has 0 unspecified atom stereocenters. The molecule has 2 heteroatoms. The van der Waals surface area contributed by atoms with Gasteiger partial charge in [0.25, 0.3) is 0 Å². The van der Waals surface area contributed by atoms with Crippen molar-refractivity contribution in [2.75, 3.05) is 6.61 Å². The summed E-state index contributed by atoms with van der Waals surface area (Å²) in [5.74, 6) is 0.499. The fourth-order valence-electron chi connectivity index (χ4n) is 0.401. The van der Waals surface area contributed by atoms with E-state index in [0.717, 1.165) is 6.42 Å². The normalized spacial score (nSPS) is 10.0. The Morgan fingerprint density at radius 2 is 2.44 bits per heavy atom. The summed E-state index contributed by atoms with van der Waals surface area (Å²) in [4.78, 5) is 3.82. The van der Waals surface area contributed by atoms with E-state index < -0.39 is 0 Å². The van der Waals surface area contributed by atoms with Crippen LogP contribution in [0.2, 0.25) is 0 Å². The third-order valence-corrected chi connectivity index (χ3v) is 0.746. The van der Waals surface area contributed by atoms with Gasteiger partial charge >= 0.3 is 0 Å². The Bertz CT molecular complexity index is 107. The fourth-order valence-corrected chi connectivity index (χ4v) is 0.401. The van der Waals surface area contributed by atoms with Crippen molar-refractivity contribution in [2.24, 2.45) is 4.99 Å². The lowest BCUT2D eigenvalue weighted by atomic mass is 10.5. The number of nitrogens with zero attached hydrogens (tertiary/aromatic N) is 1. The largest absolute Gasteiger partial charge is 0.478 e. The maximum absolute atomic E-state index is 5.04. The highest BCUT2D eigenvalue weighted by Gasteiger charge is 1.84. The Labute approximate surface area is 56.2 Å². The standard InChI is InChI=1S/C7H13NO/c1-4-6-9-7(3)8-5-2/h5H,3-4,6H2,1-2H3/b8-5+. The van der Waals surface area contributed by atoms with Crippen LogP contribution in [0, 0.1) is 0 Å². The monoisotopic (exact) mass is 127 g/mol. The molecule has 0 amide bonds. The Kier molecular flexibility index (Phi) is 4.88. The maximum atomic E-state index is 5.04. The summed E-state index contributed by atoms with van der Waals surface area (Å²) in [6, 6.07) is 0. The quantitative estimate of drug-likeness (QED) is 0.418. The number of hydrogen-bond acceptors (Lipinski definition) is 2. The Hall–Kier alpha value is -0.790. The highest BCUT2D eigenvalue weighted by Crippen LogP contribution is 1.94. The third-order valence-electron chi connectivity index (χ3n) is 0.746. The van der Waals surface area contributed by atoms with Crippen molar-refractivity contribution in [1.82, 2.24) is 0 Å². The lowest BCUT2D eigenvalue weighted by Crippen LogP contribution is -1.88. The van der Waals surface area contributed by atoms with Gasteiger partial charge in [0.1, 0.15) is 0 Å². The average Bonchev–Trinajstić information content (AvgIpc) is 1.85. The number of aliphatic imine (C=N–C) groups is 1. The van der Waals surface area contributed by atoms with Crippen LogP contribution in [0.5, 0.6) is 0 Å². The molecule has 0 saturated carbocycles. The second-order valence-electron chi connectivity index (χ2n) is 1.63. The van der Waals surface area contributed by atoms with Crippen LogP contribution in [-0.4, -0.2) is 12.8 Å². The summed E-state index contributed by atoms with van der Waals surface area (Å²) in [6.07, 6.45) is 2.66. The van der Waals surface area contributed by atoms with Gasteiger partial charge in [-0.2, -0.15) is 0 Å². The number of ether oxygens (including phenoxy) is 1. The first-order valence-corrected chi connectivity index (χ1v) is 3.11. The van der Waals surface area contributed by atoms with Crippen molar-refractivity contribution in [3.05, 3.63) is 12.5 Å². The van der Waals surface area contributed by atoms with Gasteiger partial charge < -0.3 is 4.74 Å². The molecule has 9 heavy (non-hydrogen) atoms. The van der Waals surface area contributed by atoms with Crippen LogP contribution in [0.25, 0.3) is 0 Å². The van der Waals surface area contributed by atoms with E-state index in [-0.39, 0.29) is 0 Å². The molecule has 0 spiro atoms. The second kappa shape index (κ2) is 5.35. The van der Waals surface area contributed by atoms with E-state index in [0.29, 0.717) is 12.5 Å². The molecule has 0 N–H and O–H groups in total. The highest BCUT2D eigenvalue weighted by atomic mass is 16.5. The van der Waals surface area contributed by atoms with Crippen molar-refractivity contribution >= 4 is 6.21 Å². The molecule has 0 aliphatic carbocycles. The van der Waals surface area contributed by atoms with Crippen LogP contribution >= 0.6 is 0 Å². The van der Waals surface area contributed by atoms with Gasteiger partial charge in [-0.3, -0.25) is 0 Å². The molecule has 0 aromatic heterocycles. The smallest absolute Gasteiger partial charge is 0.205 e. The average molecular weight is 127 g/mol. The lowest BCUT2D eigenvalue weighted by Gasteiger charge is -1.99. The number of hydrogen-bond donors (Lipinski definition) is 0. The predicted octanol–water partition coefficient (Wildman–Crippen LogP) is 1.97. The second-order valence-corrected chi connectivity index (χ2v) is 1.63. The van der Waals surface area contributed by atoms with Crippen molar-refractivity contribution < 1.29 is 4.74 Å². The van der Waals surface area contributed by atoms with Crippen LogP contribution in [0.3, 0.4) is 0 Å². The summed E-state index contributed by atoms with van der Waals surface area (Å²) in [5, 5.41) is 0. The van der Waals surface area contributed by atoms with Gasteiger partial charge in [0.2, 0.25) is 5.88 Å². The molecule has 0 aliphatic heterocycles. The van der Waals surface area contributed by atoms with Gasteiger partial charge in [-0.15, -0.1) is 0 Å². The van der Waals surface area contributed by atoms with Gasteiger partial charge in [-0.25, -0.2) is 4.99 Å². The topological polar surface area (TPSA) is 21.6 Å². The molecule has 0 fully saturated rings. The molecule has 0 atom stereocenters. The fraction of sp³-hybridized carbons (Fsp3) is 0.571. The molecule has 2 nitrogen and oxygen atoms in total. The Morgan fingerprint density at radius 3 is 2.89 bits per heavy atom. The van der Waals surface area contributed by atoms with Crippen LogP contribution in [0.4, 0.5) is 0 Å². The predicted molar refractivity (Wildman–Crippen MR) is 39.5 cm³/mol. The molecule has 0 heterocycles. The molecular weight excluding hydrogens is 114 g/mol. The van der Waals surface area contributed by atoms with Crippen molar-refractivity contribution in [2.45, 2.75) is 20.3 Å².